The molecule has 3 aliphatic rings. The van der Waals surface area contributed by atoms with Crippen LogP contribution in [0.1, 0.15) is 188 Å². The van der Waals surface area contributed by atoms with Gasteiger partial charge >= 0.3 is 0 Å². The predicted octanol–water partition coefficient (Wildman–Crippen LogP) is 13.3. The van der Waals surface area contributed by atoms with Gasteiger partial charge in [0.1, 0.15) is 6.29 Å². The number of carbonyl (C=O) groups is 2. The highest BCUT2D eigenvalue weighted by molar-refractivity contribution is 5.52. The highest BCUT2D eigenvalue weighted by Crippen LogP contribution is 2.54. The van der Waals surface area contributed by atoms with Gasteiger partial charge < -0.3 is 14.3 Å². The molecule has 6 unspecified atom stereocenters. The van der Waals surface area contributed by atoms with E-state index >= 15 is 0 Å². The zero-order chi connectivity index (χ0) is 36.9. The maximum Gasteiger partial charge on any atom is 0.295 e. The van der Waals surface area contributed by atoms with Crippen LogP contribution in [0.5, 0.6) is 0 Å². The molecule has 0 spiro atoms. The summed E-state index contributed by atoms with van der Waals surface area (Å²) in [7, 11) is 0. The second-order valence-corrected chi connectivity index (χ2v) is 17.3. The van der Waals surface area contributed by atoms with Gasteiger partial charge in [-0.05, 0) is 111 Å². The van der Waals surface area contributed by atoms with E-state index in [1.54, 1.807) is 0 Å². The molecule has 1 aromatic carbocycles. The SMILES string of the molecule is CCC(C)C=O.CCC(C)c1ccc(C)cc1.CCCC(CCC)C(CC(OC=O)OCCC12CC(C)CC(CC(C)C1)C2)C1CCCCC1. The lowest BCUT2D eigenvalue weighted by Gasteiger charge is -2.50. The Morgan fingerprint density at radius 3 is 1.92 bits per heavy atom. The first-order chi connectivity index (χ1) is 24.0. The molecule has 50 heavy (non-hydrogen) atoms. The van der Waals surface area contributed by atoms with Crippen molar-refractivity contribution in [2.75, 3.05) is 6.61 Å². The Morgan fingerprint density at radius 1 is 0.840 bits per heavy atom. The van der Waals surface area contributed by atoms with Crippen molar-refractivity contribution < 1.29 is 19.1 Å². The number of carbonyl (C=O) groups excluding carboxylic acids is 2. The minimum Gasteiger partial charge on any atom is -0.438 e. The van der Waals surface area contributed by atoms with Crippen LogP contribution in [-0.2, 0) is 19.1 Å². The van der Waals surface area contributed by atoms with E-state index in [9.17, 15) is 9.59 Å². The van der Waals surface area contributed by atoms with Crippen LogP contribution < -0.4 is 0 Å². The molecule has 0 amide bonds. The number of rotatable bonds is 18. The Bertz CT molecular complexity index is 988. The van der Waals surface area contributed by atoms with Crippen LogP contribution in [0, 0.1) is 53.8 Å². The van der Waals surface area contributed by atoms with Crippen molar-refractivity contribution in [3.05, 3.63) is 35.4 Å². The Labute approximate surface area is 310 Å². The molecule has 0 heterocycles. The fourth-order valence-corrected chi connectivity index (χ4v) is 9.94. The fourth-order valence-electron chi connectivity index (χ4n) is 9.94. The average molecular weight is 697 g/mol. The van der Waals surface area contributed by atoms with E-state index in [0.29, 0.717) is 23.7 Å². The van der Waals surface area contributed by atoms with E-state index in [-0.39, 0.29) is 12.2 Å². The first kappa shape index (κ1) is 44.5. The summed E-state index contributed by atoms with van der Waals surface area (Å²) in [6.45, 7) is 21.4. The van der Waals surface area contributed by atoms with Gasteiger partial charge in [-0.2, -0.15) is 0 Å². The van der Waals surface area contributed by atoms with E-state index in [1.807, 2.05) is 13.8 Å². The van der Waals surface area contributed by atoms with Crippen molar-refractivity contribution in [1.82, 2.24) is 0 Å². The summed E-state index contributed by atoms with van der Waals surface area (Å²) in [5.74, 6) is 5.71. The summed E-state index contributed by atoms with van der Waals surface area (Å²) in [5, 5.41) is 0. The molecule has 2 bridgehead atoms. The molecule has 0 N–H and O–H groups in total. The van der Waals surface area contributed by atoms with Crippen molar-refractivity contribution in [1.29, 1.82) is 0 Å². The predicted molar refractivity (Wildman–Crippen MR) is 212 cm³/mol. The number of hydrogen-bond donors (Lipinski definition) is 0. The Hall–Kier alpha value is -1.68. The molecule has 288 valence electrons. The number of aldehydes is 1. The zero-order valence-electron chi connectivity index (χ0n) is 34.2. The minimum atomic E-state index is -0.361. The van der Waals surface area contributed by atoms with Crippen LogP contribution in [-0.4, -0.2) is 25.7 Å². The van der Waals surface area contributed by atoms with Crippen LogP contribution in [0.4, 0.5) is 0 Å². The molecule has 1 aromatic rings. The molecule has 6 atom stereocenters. The third-order valence-corrected chi connectivity index (χ3v) is 12.7. The number of ether oxygens (including phenoxy) is 2. The van der Waals surface area contributed by atoms with Gasteiger partial charge in [-0.15, -0.1) is 0 Å². The molecule has 4 nitrogen and oxygen atoms in total. The Kier molecular flexibility index (Phi) is 21.8. The van der Waals surface area contributed by atoms with Crippen LogP contribution in [0.25, 0.3) is 0 Å². The summed E-state index contributed by atoms with van der Waals surface area (Å²) >= 11 is 0. The van der Waals surface area contributed by atoms with E-state index in [4.69, 9.17) is 9.47 Å². The van der Waals surface area contributed by atoms with Crippen molar-refractivity contribution in [3.8, 4) is 0 Å². The molecule has 0 aromatic heterocycles. The second-order valence-electron chi connectivity index (χ2n) is 17.3. The zero-order valence-corrected chi connectivity index (χ0v) is 34.2. The second kappa shape index (κ2) is 24.5. The topological polar surface area (TPSA) is 52.6 Å². The number of hydrogen-bond acceptors (Lipinski definition) is 4. The molecular formula is C46H80O4. The van der Waals surface area contributed by atoms with Gasteiger partial charge in [0.2, 0.25) is 6.29 Å². The number of fused-ring (bicyclic) bond motifs is 2. The third-order valence-electron chi connectivity index (χ3n) is 12.7. The van der Waals surface area contributed by atoms with Crippen LogP contribution in [0.15, 0.2) is 24.3 Å². The average Bonchev–Trinajstić information content (AvgIpc) is 3.10. The molecule has 4 heteroatoms. The summed E-state index contributed by atoms with van der Waals surface area (Å²) in [4.78, 5) is 21.2. The van der Waals surface area contributed by atoms with Gasteiger partial charge in [0.15, 0.2) is 0 Å². The molecular weight excluding hydrogens is 617 g/mol. The quantitative estimate of drug-likeness (QED) is 0.113. The van der Waals surface area contributed by atoms with Crippen molar-refractivity contribution in [3.63, 3.8) is 0 Å². The summed E-state index contributed by atoms with van der Waals surface area (Å²) in [6.07, 6.45) is 23.7. The van der Waals surface area contributed by atoms with E-state index in [0.717, 1.165) is 61.7 Å². The smallest absolute Gasteiger partial charge is 0.295 e. The largest absolute Gasteiger partial charge is 0.438 e. The van der Waals surface area contributed by atoms with Crippen LogP contribution in [0.2, 0.25) is 0 Å². The van der Waals surface area contributed by atoms with Crippen molar-refractivity contribution in [2.24, 2.45) is 46.8 Å². The van der Waals surface area contributed by atoms with Crippen LogP contribution >= 0.6 is 0 Å². The summed E-state index contributed by atoms with van der Waals surface area (Å²) < 4.78 is 12.0. The summed E-state index contributed by atoms with van der Waals surface area (Å²) in [5.41, 5.74) is 3.26. The van der Waals surface area contributed by atoms with Crippen LogP contribution in [0.3, 0.4) is 0 Å². The molecule has 0 saturated heterocycles. The van der Waals surface area contributed by atoms with Gasteiger partial charge in [0.25, 0.3) is 6.47 Å². The first-order valence-corrected chi connectivity index (χ1v) is 21.3. The fraction of sp³-hybridized carbons (Fsp3) is 0.826. The van der Waals surface area contributed by atoms with E-state index in [2.05, 4.69) is 72.7 Å². The van der Waals surface area contributed by atoms with Gasteiger partial charge in [0.05, 0.1) is 6.61 Å². The molecule has 3 aliphatic carbocycles. The molecule has 4 rings (SSSR count). The van der Waals surface area contributed by atoms with Gasteiger partial charge in [-0.3, -0.25) is 4.79 Å². The van der Waals surface area contributed by atoms with Gasteiger partial charge in [-0.1, -0.05) is 143 Å². The highest BCUT2D eigenvalue weighted by atomic mass is 16.7. The van der Waals surface area contributed by atoms with Crippen molar-refractivity contribution >= 4 is 12.8 Å². The lowest BCUT2D eigenvalue weighted by atomic mass is 9.56. The number of aryl methyl sites for hydroxylation is 1. The molecule has 0 aliphatic heterocycles. The molecule has 3 saturated carbocycles. The highest BCUT2D eigenvalue weighted by Gasteiger charge is 2.44. The first-order valence-electron chi connectivity index (χ1n) is 21.3. The standard InChI is InChI=1S/C30H54O3.C11H16.C5H10O/c1-5-10-26(11-6-2)28(27-12-8-7-9-13-27)18-29(33-22-31)32-15-14-30-19-23(3)16-25(21-30)17-24(4)20-30;1-4-10(3)11-7-5-9(2)6-8-11;1-3-5(2)4-6/h22-29H,5-21H2,1-4H3;5-8,10H,4H2,1-3H3;4-5H,3H2,1-2H3. The Balaban J connectivity index is 0.000000417. The van der Waals surface area contributed by atoms with Gasteiger partial charge in [0, 0.05) is 12.3 Å². The number of benzene rings is 1. The van der Waals surface area contributed by atoms with E-state index < -0.39 is 0 Å². The minimum absolute atomic E-state index is 0.255. The summed E-state index contributed by atoms with van der Waals surface area (Å²) in [6, 6.07) is 8.82. The normalized spacial score (nSPS) is 25.9. The lowest BCUT2D eigenvalue weighted by molar-refractivity contribution is -0.174. The third kappa shape index (κ3) is 15.9. The maximum atomic E-state index is 11.4. The molecule has 0 radical (unpaired) electrons. The maximum absolute atomic E-state index is 11.4. The van der Waals surface area contributed by atoms with Crippen molar-refractivity contribution in [2.45, 2.75) is 190 Å². The molecule has 3 fully saturated rings. The Morgan fingerprint density at radius 2 is 1.44 bits per heavy atom. The lowest BCUT2D eigenvalue weighted by Crippen LogP contribution is -2.40. The van der Waals surface area contributed by atoms with Gasteiger partial charge in [-0.25, -0.2) is 0 Å². The monoisotopic (exact) mass is 697 g/mol. The van der Waals surface area contributed by atoms with E-state index in [1.165, 1.54) is 107 Å².